The smallest absolute Gasteiger partial charge is 0.268 e. The van der Waals surface area contributed by atoms with E-state index in [4.69, 9.17) is 16.0 Å². The lowest BCUT2D eigenvalue weighted by Crippen LogP contribution is -2.21. The lowest BCUT2D eigenvalue weighted by molar-refractivity contribution is 0.0827. The Balaban J connectivity index is 1.66. The van der Waals surface area contributed by atoms with Crippen molar-refractivity contribution < 1.29 is 9.21 Å². The highest BCUT2D eigenvalue weighted by Gasteiger charge is 2.15. The van der Waals surface area contributed by atoms with Gasteiger partial charge in [0.25, 0.3) is 11.8 Å². The number of benzene rings is 2. The molecule has 7 nitrogen and oxygen atoms in total. The molecule has 0 aliphatic carbocycles. The van der Waals surface area contributed by atoms with Gasteiger partial charge in [0, 0.05) is 30.8 Å². The summed E-state index contributed by atoms with van der Waals surface area (Å²) >= 11 is 6.41. The summed E-state index contributed by atoms with van der Waals surface area (Å²) < 4.78 is 5.75. The average molecular weight is 406 g/mol. The van der Waals surface area contributed by atoms with Gasteiger partial charge in [-0.3, -0.25) is 9.78 Å². The molecule has 2 heterocycles. The largest absolute Gasteiger partial charge is 0.415 e. The van der Waals surface area contributed by atoms with Crippen molar-refractivity contribution in [3.63, 3.8) is 0 Å². The highest BCUT2D eigenvalue weighted by Crippen LogP contribution is 2.29. The third-order valence-electron chi connectivity index (χ3n) is 4.20. The lowest BCUT2D eigenvalue weighted by Gasteiger charge is -2.11. The maximum absolute atomic E-state index is 12.1. The molecule has 29 heavy (non-hydrogen) atoms. The van der Waals surface area contributed by atoms with Crippen LogP contribution in [0.3, 0.4) is 0 Å². The van der Waals surface area contributed by atoms with Crippen molar-refractivity contribution in [3.05, 3.63) is 71.5 Å². The van der Waals surface area contributed by atoms with E-state index in [1.165, 1.54) is 4.90 Å². The molecule has 2 aromatic carbocycles. The SMILES string of the molecule is CN(C)C(=O)c1ccc(-c2cncc(-c3nnc(-c4ccccc4)o3)n2)c(Cl)c1. The number of carbonyl (C=O) groups is 1. The van der Waals surface area contributed by atoms with Crippen molar-refractivity contribution >= 4 is 17.5 Å². The van der Waals surface area contributed by atoms with E-state index >= 15 is 0 Å². The minimum atomic E-state index is -0.127. The molecule has 0 radical (unpaired) electrons. The second-order valence-electron chi connectivity index (χ2n) is 6.46. The summed E-state index contributed by atoms with van der Waals surface area (Å²) in [5.41, 5.74) is 2.94. The average Bonchev–Trinajstić information content (AvgIpc) is 3.24. The van der Waals surface area contributed by atoms with Gasteiger partial charge in [0.1, 0.15) is 5.69 Å². The van der Waals surface area contributed by atoms with Gasteiger partial charge in [-0.2, -0.15) is 0 Å². The first-order valence-corrected chi connectivity index (χ1v) is 9.13. The predicted molar refractivity (Wildman–Crippen MR) is 109 cm³/mol. The van der Waals surface area contributed by atoms with Crippen LogP contribution < -0.4 is 0 Å². The van der Waals surface area contributed by atoms with Crippen molar-refractivity contribution in [2.24, 2.45) is 0 Å². The van der Waals surface area contributed by atoms with Gasteiger partial charge in [0.15, 0.2) is 0 Å². The molecule has 0 unspecified atom stereocenters. The Bertz CT molecular complexity index is 1170. The number of hydrogen-bond donors (Lipinski definition) is 0. The van der Waals surface area contributed by atoms with E-state index in [9.17, 15) is 4.79 Å². The van der Waals surface area contributed by atoms with Crippen LogP contribution in [0, 0.1) is 0 Å². The fraction of sp³-hybridized carbons (Fsp3) is 0.0952. The Morgan fingerprint density at radius 1 is 0.966 bits per heavy atom. The normalized spacial score (nSPS) is 10.7. The first-order chi connectivity index (χ1) is 14.0. The fourth-order valence-corrected chi connectivity index (χ4v) is 3.01. The van der Waals surface area contributed by atoms with E-state index < -0.39 is 0 Å². The van der Waals surface area contributed by atoms with E-state index in [2.05, 4.69) is 20.2 Å². The van der Waals surface area contributed by atoms with Gasteiger partial charge in [-0.15, -0.1) is 10.2 Å². The number of aromatic nitrogens is 4. The van der Waals surface area contributed by atoms with Crippen LogP contribution in [0.4, 0.5) is 0 Å². The second-order valence-corrected chi connectivity index (χ2v) is 6.87. The van der Waals surface area contributed by atoms with Crippen LogP contribution in [0.2, 0.25) is 5.02 Å². The monoisotopic (exact) mass is 405 g/mol. The third-order valence-corrected chi connectivity index (χ3v) is 4.51. The van der Waals surface area contributed by atoms with E-state index in [0.717, 1.165) is 5.56 Å². The first-order valence-electron chi connectivity index (χ1n) is 8.76. The van der Waals surface area contributed by atoms with Crippen LogP contribution >= 0.6 is 11.6 Å². The summed E-state index contributed by atoms with van der Waals surface area (Å²) in [5.74, 6) is 0.531. The Morgan fingerprint density at radius 2 is 1.69 bits per heavy atom. The number of amides is 1. The third kappa shape index (κ3) is 3.86. The Kier molecular flexibility index (Phi) is 5.05. The summed E-state index contributed by atoms with van der Waals surface area (Å²) in [4.78, 5) is 22.4. The maximum Gasteiger partial charge on any atom is 0.268 e. The van der Waals surface area contributed by atoms with Gasteiger partial charge in [-0.25, -0.2) is 4.98 Å². The number of nitrogens with zero attached hydrogens (tertiary/aromatic N) is 5. The molecule has 0 spiro atoms. The molecule has 144 valence electrons. The van der Waals surface area contributed by atoms with Crippen LogP contribution in [0.5, 0.6) is 0 Å². The van der Waals surface area contributed by atoms with Gasteiger partial charge >= 0.3 is 0 Å². The highest BCUT2D eigenvalue weighted by molar-refractivity contribution is 6.33. The van der Waals surface area contributed by atoms with Crippen molar-refractivity contribution in [3.8, 4) is 34.3 Å². The van der Waals surface area contributed by atoms with Gasteiger partial charge < -0.3 is 9.32 Å². The van der Waals surface area contributed by atoms with E-state index in [0.29, 0.717) is 33.4 Å². The Labute approximate surface area is 172 Å². The number of halogens is 1. The molecule has 0 aliphatic heterocycles. The molecular formula is C21H16ClN5O2. The van der Waals surface area contributed by atoms with Crippen LogP contribution in [-0.4, -0.2) is 45.1 Å². The second kappa shape index (κ2) is 7.81. The molecule has 4 rings (SSSR count). The molecule has 0 aliphatic rings. The number of rotatable bonds is 4. The summed E-state index contributed by atoms with van der Waals surface area (Å²) in [6, 6.07) is 14.5. The van der Waals surface area contributed by atoms with Crippen molar-refractivity contribution in [1.82, 2.24) is 25.1 Å². The molecule has 8 heteroatoms. The highest BCUT2D eigenvalue weighted by atomic mass is 35.5. The molecule has 2 aromatic heterocycles. The van der Waals surface area contributed by atoms with Crippen molar-refractivity contribution in [2.45, 2.75) is 0 Å². The zero-order valence-electron chi connectivity index (χ0n) is 15.7. The molecule has 1 amide bonds. The molecule has 4 aromatic rings. The summed E-state index contributed by atoms with van der Waals surface area (Å²) in [6.45, 7) is 0. The molecule has 0 saturated heterocycles. The summed E-state index contributed by atoms with van der Waals surface area (Å²) in [7, 11) is 3.38. The summed E-state index contributed by atoms with van der Waals surface area (Å²) in [6.07, 6.45) is 3.14. The van der Waals surface area contributed by atoms with Crippen LogP contribution in [0.1, 0.15) is 10.4 Å². The molecule has 0 N–H and O–H groups in total. The first kappa shape index (κ1) is 18.8. The predicted octanol–water partition coefficient (Wildman–Crippen LogP) is 4.22. The van der Waals surface area contributed by atoms with Crippen LogP contribution in [-0.2, 0) is 0 Å². The number of hydrogen-bond acceptors (Lipinski definition) is 6. The van der Waals surface area contributed by atoms with Crippen molar-refractivity contribution in [2.75, 3.05) is 14.1 Å². The molecule has 0 atom stereocenters. The Hall–Kier alpha value is -3.58. The van der Waals surface area contributed by atoms with Gasteiger partial charge in [-0.1, -0.05) is 35.9 Å². The zero-order valence-corrected chi connectivity index (χ0v) is 16.5. The van der Waals surface area contributed by atoms with E-state index in [1.807, 2.05) is 30.3 Å². The summed E-state index contributed by atoms with van der Waals surface area (Å²) in [5, 5.41) is 8.55. The van der Waals surface area contributed by atoms with Gasteiger partial charge in [0.05, 0.1) is 23.1 Å². The van der Waals surface area contributed by atoms with Crippen LogP contribution in [0.15, 0.2) is 65.3 Å². The molecular weight excluding hydrogens is 390 g/mol. The van der Waals surface area contributed by atoms with Crippen LogP contribution in [0.25, 0.3) is 34.3 Å². The lowest BCUT2D eigenvalue weighted by atomic mass is 10.1. The molecule has 0 saturated carbocycles. The minimum absolute atomic E-state index is 0.127. The van der Waals surface area contributed by atoms with E-state index in [1.54, 1.807) is 44.7 Å². The topological polar surface area (TPSA) is 85.0 Å². The fourth-order valence-electron chi connectivity index (χ4n) is 2.74. The maximum atomic E-state index is 12.1. The van der Waals surface area contributed by atoms with Gasteiger partial charge in [0.2, 0.25) is 5.89 Å². The molecule has 0 bridgehead atoms. The Morgan fingerprint density at radius 3 is 2.41 bits per heavy atom. The minimum Gasteiger partial charge on any atom is -0.415 e. The quantitative estimate of drug-likeness (QED) is 0.505. The van der Waals surface area contributed by atoms with Gasteiger partial charge in [-0.05, 0) is 24.3 Å². The molecule has 0 fully saturated rings. The number of carbonyl (C=O) groups excluding carboxylic acids is 1. The zero-order chi connectivity index (χ0) is 20.4. The van der Waals surface area contributed by atoms with E-state index in [-0.39, 0.29) is 11.8 Å². The standard InChI is InChI=1S/C21H16ClN5O2/c1-27(2)21(28)14-8-9-15(16(22)10-14)17-11-23-12-18(24-17)20-26-25-19(29-20)13-6-4-3-5-7-13/h3-12H,1-2H3. The van der Waals surface area contributed by atoms with Crippen molar-refractivity contribution in [1.29, 1.82) is 0 Å².